The van der Waals surface area contributed by atoms with Gasteiger partial charge in [0.25, 0.3) is 0 Å². The zero-order valence-electron chi connectivity index (χ0n) is 15.5. The van der Waals surface area contributed by atoms with Crippen LogP contribution in [-0.2, 0) is 0 Å². The molecule has 1 unspecified atom stereocenters. The van der Waals surface area contributed by atoms with Crippen LogP contribution in [0, 0.1) is 0 Å². The highest BCUT2D eigenvalue weighted by Gasteiger charge is 2.28. The van der Waals surface area contributed by atoms with E-state index in [4.69, 9.17) is 4.74 Å². The first-order valence-corrected chi connectivity index (χ1v) is 9.57. The Morgan fingerprint density at radius 2 is 1.89 bits per heavy atom. The van der Waals surface area contributed by atoms with Crippen molar-refractivity contribution >= 4 is 17.0 Å². The van der Waals surface area contributed by atoms with E-state index in [1.54, 1.807) is 12.7 Å². The van der Waals surface area contributed by atoms with E-state index in [1.807, 2.05) is 18.2 Å². The highest BCUT2D eigenvalue weighted by Crippen LogP contribution is 2.29. The fraction of sp³-hybridized carbons (Fsp3) is 0.227. The van der Waals surface area contributed by atoms with Gasteiger partial charge in [-0.05, 0) is 36.1 Å². The molecule has 6 nitrogen and oxygen atoms in total. The number of imidazole rings is 1. The second kappa shape index (κ2) is 7.31. The maximum atomic E-state index is 6.19. The highest BCUT2D eigenvalue weighted by atomic mass is 16.5. The van der Waals surface area contributed by atoms with Gasteiger partial charge in [-0.15, -0.1) is 0 Å². The third-order valence-corrected chi connectivity index (χ3v) is 5.24. The summed E-state index contributed by atoms with van der Waals surface area (Å²) >= 11 is 0. The first kappa shape index (κ1) is 16.7. The Morgan fingerprint density at radius 3 is 2.82 bits per heavy atom. The van der Waals surface area contributed by atoms with Gasteiger partial charge >= 0.3 is 0 Å². The summed E-state index contributed by atoms with van der Waals surface area (Å²) in [6, 6.07) is 18.9. The molecule has 0 radical (unpaired) electrons. The Morgan fingerprint density at radius 1 is 1.00 bits per heavy atom. The molecule has 1 fully saturated rings. The summed E-state index contributed by atoms with van der Waals surface area (Å²) in [5.41, 5.74) is 3.95. The summed E-state index contributed by atoms with van der Waals surface area (Å²) < 4.78 is 6.19. The van der Waals surface area contributed by atoms with Gasteiger partial charge in [-0.1, -0.05) is 42.5 Å². The molecule has 4 aromatic rings. The number of hydrogen-bond donors (Lipinski definition) is 1. The van der Waals surface area contributed by atoms with E-state index in [1.165, 1.54) is 5.56 Å². The number of nitrogens with one attached hydrogen (secondary N) is 1. The van der Waals surface area contributed by atoms with E-state index in [9.17, 15) is 0 Å². The standard InChI is InChI=1S/C22H21N5O/c1-2-6-16(7-3-1)17-8-4-10-19(12-17)28-13-18-9-5-11-27(18)22-20-21(24-14-23-20)25-15-26-22/h1-4,6-8,10,12,14-15,18H,5,9,11,13H2,(H,23,24,25,26). The van der Waals surface area contributed by atoms with Crippen LogP contribution in [0.1, 0.15) is 12.8 Å². The molecule has 0 amide bonds. The fourth-order valence-electron chi connectivity index (χ4n) is 3.85. The average Bonchev–Trinajstić information content (AvgIpc) is 3.42. The molecule has 0 saturated carbocycles. The molecule has 2 aromatic carbocycles. The Kier molecular flexibility index (Phi) is 4.37. The summed E-state index contributed by atoms with van der Waals surface area (Å²) in [4.78, 5) is 18.4. The molecule has 1 saturated heterocycles. The normalized spacial score (nSPS) is 16.6. The van der Waals surface area contributed by atoms with Gasteiger partial charge in [-0.2, -0.15) is 0 Å². The summed E-state index contributed by atoms with van der Waals surface area (Å²) in [7, 11) is 0. The quantitative estimate of drug-likeness (QED) is 0.573. The van der Waals surface area contributed by atoms with Gasteiger partial charge in [-0.25, -0.2) is 15.0 Å². The van der Waals surface area contributed by atoms with Crippen molar-refractivity contribution in [2.45, 2.75) is 18.9 Å². The molecular formula is C22H21N5O. The number of rotatable bonds is 5. The van der Waals surface area contributed by atoms with Crippen LogP contribution >= 0.6 is 0 Å². The molecule has 1 aliphatic heterocycles. The zero-order valence-corrected chi connectivity index (χ0v) is 15.5. The van der Waals surface area contributed by atoms with E-state index in [-0.39, 0.29) is 6.04 Å². The minimum absolute atomic E-state index is 0.279. The van der Waals surface area contributed by atoms with Crippen molar-refractivity contribution in [3.05, 3.63) is 67.3 Å². The van der Waals surface area contributed by atoms with E-state index in [0.29, 0.717) is 12.3 Å². The van der Waals surface area contributed by atoms with Gasteiger partial charge in [0, 0.05) is 6.54 Å². The largest absolute Gasteiger partial charge is 0.491 e. The predicted octanol–water partition coefficient (Wildman–Crippen LogP) is 4.07. The highest BCUT2D eigenvalue weighted by molar-refractivity contribution is 5.83. The maximum absolute atomic E-state index is 6.19. The Labute approximate surface area is 163 Å². The van der Waals surface area contributed by atoms with Crippen LogP contribution in [0.2, 0.25) is 0 Å². The van der Waals surface area contributed by atoms with Crippen molar-refractivity contribution in [1.29, 1.82) is 0 Å². The van der Waals surface area contributed by atoms with Crippen LogP contribution in [0.5, 0.6) is 5.75 Å². The Bertz CT molecular complexity index is 1080. The average molecular weight is 371 g/mol. The van der Waals surface area contributed by atoms with Crippen LogP contribution in [0.3, 0.4) is 0 Å². The monoisotopic (exact) mass is 371 g/mol. The second-order valence-electron chi connectivity index (χ2n) is 6.99. The van der Waals surface area contributed by atoms with Crippen molar-refractivity contribution in [3.63, 3.8) is 0 Å². The van der Waals surface area contributed by atoms with Crippen molar-refractivity contribution in [2.75, 3.05) is 18.1 Å². The van der Waals surface area contributed by atoms with Gasteiger partial charge in [0.05, 0.1) is 12.4 Å². The number of fused-ring (bicyclic) bond motifs is 1. The first-order valence-electron chi connectivity index (χ1n) is 9.57. The maximum Gasteiger partial charge on any atom is 0.182 e. The van der Waals surface area contributed by atoms with Gasteiger partial charge in [-0.3, -0.25) is 0 Å². The number of nitrogens with zero attached hydrogens (tertiary/aromatic N) is 4. The predicted molar refractivity (Wildman–Crippen MR) is 109 cm³/mol. The van der Waals surface area contributed by atoms with E-state index in [2.05, 4.69) is 61.2 Å². The Balaban J connectivity index is 1.33. The molecular weight excluding hydrogens is 350 g/mol. The lowest BCUT2D eigenvalue weighted by Gasteiger charge is -2.26. The first-order chi connectivity index (χ1) is 13.9. The topological polar surface area (TPSA) is 66.9 Å². The molecule has 1 atom stereocenters. The minimum Gasteiger partial charge on any atom is -0.491 e. The molecule has 0 spiro atoms. The van der Waals surface area contributed by atoms with Crippen LogP contribution in [0.25, 0.3) is 22.3 Å². The third kappa shape index (κ3) is 3.17. The molecule has 0 bridgehead atoms. The molecule has 140 valence electrons. The lowest BCUT2D eigenvalue weighted by Crippen LogP contribution is -2.35. The van der Waals surface area contributed by atoms with Crippen LogP contribution in [-0.4, -0.2) is 39.1 Å². The zero-order chi connectivity index (χ0) is 18.8. The van der Waals surface area contributed by atoms with E-state index in [0.717, 1.165) is 42.0 Å². The van der Waals surface area contributed by atoms with E-state index < -0.39 is 0 Å². The number of anilines is 1. The summed E-state index contributed by atoms with van der Waals surface area (Å²) in [5.74, 6) is 1.80. The number of benzene rings is 2. The summed E-state index contributed by atoms with van der Waals surface area (Å²) in [6.45, 7) is 1.58. The van der Waals surface area contributed by atoms with Gasteiger partial charge < -0.3 is 14.6 Å². The Hall–Kier alpha value is -3.41. The lowest BCUT2D eigenvalue weighted by molar-refractivity contribution is 0.288. The third-order valence-electron chi connectivity index (χ3n) is 5.24. The lowest BCUT2D eigenvalue weighted by atomic mass is 10.1. The van der Waals surface area contributed by atoms with Crippen molar-refractivity contribution in [3.8, 4) is 16.9 Å². The molecule has 28 heavy (non-hydrogen) atoms. The van der Waals surface area contributed by atoms with E-state index >= 15 is 0 Å². The van der Waals surface area contributed by atoms with Crippen molar-refractivity contribution in [2.24, 2.45) is 0 Å². The fourth-order valence-corrected chi connectivity index (χ4v) is 3.85. The van der Waals surface area contributed by atoms with Crippen LogP contribution in [0.15, 0.2) is 67.3 Å². The van der Waals surface area contributed by atoms with Crippen molar-refractivity contribution in [1.82, 2.24) is 19.9 Å². The molecule has 6 heteroatoms. The SMILES string of the molecule is c1ccc(-c2cccc(OCC3CCCN3c3ncnc4nc[nH]c34)c2)cc1. The summed E-state index contributed by atoms with van der Waals surface area (Å²) in [5, 5.41) is 0. The smallest absolute Gasteiger partial charge is 0.182 e. The number of hydrogen-bond acceptors (Lipinski definition) is 5. The second-order valence-corrected chi connectivity index (χ2v) is 6.99. The molecule has 5 rings (SSSR count). The number of ether oxygens (including phenoxy) is 1. The summed E-state index contributed by atoms with van der Waals surface area (Å²) in [6.07, 6.45) is 5.45. The molecule has 2 aromatic heterocycles. The van der Waals surface area contributed by atoms with Gasteiger partial charge in [0.15, 0.2) is 11.5 Å². The van der Waals surface area contributed by atoms with Crippen LogP contribution in [0.4, 0.5) is 5.82 Å². The van der Waals surface area contributed by atoms with Crippen molar-refractivity contribution < 1.29 is 4.74 Å². The molecule has 3 heterocycles. The number of aromatic nitrogens is 4. The van der Waals surface area contributed by atoms with Crippen LogP contribution < -0.4 is 9.64 Å². The van der Waals surface area contributed by atoms with Gasteiger partial charge in [0.2, 0.25) is 0 Å². The number of aromatic amines is 1. The molecule has 1 N–H and O–H groups in total. The van der Waals surface area contributed by atoms with Gasteiger partial charge in [0.1, 0.15) is 24.2 Å². The molecule has 1 aliphatic rings. The minimum atomic E-state index is 0.279. The number of H-pyrrole nitrogens is 1. The molecule has 0 aliphatic carbocycles.